The summed E-state index contributed by atoms with van der Waals surface area (Å²) < 4.78 is 10.7. The number of hydrogen-bond donors (Lipinski definition) is 2. The van der Waals surface area contributed by atoms with E-state index in [0.717, 1.165) is 45.7 Å². The molecule has 2 saturated heterocycles. The number of furan rings is 1. The number of carbonyl (C=O) groups excluding carboxylic acids is 1. The molecular formula is C19H29N3O3. The molecule has 0 radical (unpaired) electrons. The first-order valence-corrected chi connectivity index (χ1v) is 9.70. The first kappa shape index (κ1) is 17.1. The Morgan fingerprint density at radius 2 is 2.12 bits per heavy atom. The summed E-state index contributed by atoms with van der Waals surface area (Å²) in [5.41, 5.74) is 0.658. The summed E-state index contributed by atoms with van der Waals surface area (Å²) >= 11 is 0. The number of rotatable bonds is 4. The predicted molar refractivity (Wildman–Crippen MR) is 94.5 cm³/mol. The number of nitrogens with zero attached hydrogens (tertiary/aromatic N) is 1. The monoisotopic (exact) mass is 347 g/mol. The number of amides is 1. The van der Waals surface area contributed by atoms with Crippen molar-refractivity contribution in [1.82, 2.24) is 15.5 Å². The molecule has 6 heteroatoms. The van der Waals surface area contributed by atoms with E-state index >= 15 is 0 Å². The zero-order valence-electron chi connectivity index (χ0n) is 14.8. The van der Waals surface area contributed by atoms with Crippen LogP contribution in [-0.4, -0.2) is 61.8 Å². The van der Waals surface area contributed by atoms with Crippen LogP contribution < -0.4 is 10.6 Å². The molecule has 3 unspecified atom stereocenters. The summed E-state index contributed by atoms with van der Waals surface area (Å²) in [6, 6.07) is 3.34. The number of carbonyl (C=O) groups is 1. The molecule has 25 heavy (non-hydrogen) atoms. The van der Waals surface area contributed by atoms with Gasteiger partial charge >= 0.3 is 0 Å². The molecule has 2 aliphatic heterocycles. The molecule has 1 aromatic rings. The lowest BCUT2D eigenvalue weighted by molar-refractivity contribution is 0.0500. The molecule has 3 atom stereocenters. The highest BCUT2D eigenvalue weighted by Crippen LogP contribution is 2.30. The third kappa shape index (κ3) is 3.91. The van der Waals surface area contributed by atoms with Crippen LogP contribution in [0.25, 0.3) is 0 Å². The topological polar surface area (TPSA) is 66.7 Å². The zero-order chi connectivity index (χ0) is 17.1. The maximum Gasteiger partial charge on any atom is 0.257 e. The highest BCUT2D eigenvalue weighted by Gasteiger charge is 2.36. The maximum atomic E-state index is 12.4. The van der Waals surface area contributed by atoms with Crippen molar-refractivity contribution in [3.8, 4) is 0 Å². The number of hydrogen-bond acceptors (Lipinski definition) is 5. The fourth-order valence-corrected chi connectivity index (χ4v) is 4.66. The molecule has 0 bridgehead atoms. The van der Waals surface area contributed by atoms with E-state index in [1.165, 1.54) is 25.5 Å². The second kappa shape index (κ2) is 7.89. The van der Waals surface area contributed by atoms with Gasteiger partial charge in [0, 0.05) is 37.8 Å². The fraction of sp³-hybridized carbons (Fsp3) is 0.737. The first-order valence-electron chi connectivity index (χ1n) is 9.70. The molecule has 0 aromatic carbocycles. The van der Waals surface area contributed by atoms with E-state index in [4.69, 9.17) is 9.15 Å². The largest absolute Gasteiger partial charge is 0.472 e. The maximum absolute atomic E-state index is 12.4. The van der Waals surface area contributed by atoms with E-state index in [1.54, 1.807) is 12.3 Å². The van der Waals surface area contributed by atoms with Crippen molar-refractivity contribution < 1.29 is 13.9 Å². The molecule has 1 aliphatic carbocycles. The molecular weight excluding hydrogens is 318 g/mol. The molecule has 3 aliphatic rings. The van der Waals surface area contributed by atoms with Gasteiger partial charge in [-0.05, 0) is 37.7 Å². The van der Waals surface area contributed by atoms with Gasteiger partial charge in [0.15, 0.2) is 0 Å². The number of ether oxygens (including phenoxy) is 1. The summed E-state index contributed by atoms with van der Waals surface area (Å²) in [6.07, 6.45) is 9.01. The van der Waals surface area contributed by atoms with Crippen LogP contribution in [0.1, 0.15) is 42.5 Å². The molecule has 1 amide bonds. The van der Waals surface area contributed by atoms with E-state index in [1.807, 2.05) is 4.90 Å². The Morgan fingerprint density at radius 3 is 2.84 bits per heavy atom. The SMILES string of the molecule is O=C(c1ccoc1)N1CCC(NC2CCCC2C2COCCN2)CC1. The Kier molecular flexibility index (Phi) is 5.39. The van der Waals surface area contributed by atoms with Crippen LogP contribution >= 0.6 is 0 Å². The minimum atomic E-state index is 0.0921. The molecule has 1 saturated carbocycles. The lowest BCUT2D eigenvalue weighted by Gasteiger charge is -2.37. The van der Waals surface area contributed by atoms with Crippen molar-refractivity contribution in [2.75, 3.05) is 32.8 Å². The number of nitrogens with one attached hydrogen (secondary N) is 2. The summed E-state index contributed by atoms with van der Waals surface area (Å²) in [6.45, 7) is 4.31. The first-order chi connectivity index (χ1) is 12.3. The summed E-state index contributed by atoms with van der Waals surface area (Å²) in [5, 5.41) is 7.55. The molecule has 3 fully saturated rings. The van der Waals surface area contributed by atoms with E-state index in [2.05, 4.69) is 10.6 Å². The Hall–Kier alpha value is -1.37. The van der Waals surface area contributed by atoms with Gasteiger partial charge in [-0.3, -0.25) is 4.79 Å². The molecule has 0 spiro atoms. The summed E-state index contributed by atoms with van der Waals surface area (Å²) in [5.74, 6) is 0.764. The molecule has 1 aromatic heterocycles. The highest BCUT2D eigenvalue weighted by molar-refractivity contribution is 5.93. The van der Waals surface area contributed by atoms with Gasteiger partial charge in [-0.15, -0.1) is 0 Å². The number of morpholine rings is 1. The van der Waals surface area contributed by atoms with Crippen molar-refractivity contribution >= 4 is 5.91 Å². The fourth-order valence-electron chi connectivity index (χ4n) is 4.66. The second-order valence-electron chi connectivity index (χ2n) is 7.58. The van der Waals surface area contributed by atoms with E-state index in [9.17, 15) is 4.79 Å². The van der Waals surface area contributed by atoms with Crippen molar-refractivity contribution in [1.29, 1.82) is 0 Å². The van der Waals surface area contributed by atoms with Gasteiger partial charge in [0.1, 0.15) is 6.26 Å². The van der Waals surface area contributed by atoms with Crippen LogP contribution in [0.5, 0.6) is 0 Å². The van der Waals surface area contributed by atoms with Crippen molar-refractivity contribution in [3.05, 3.63) is 24.2 Å². The smallest absolute Gasteiger partial charge is 0.257 e. The van der Waals surface area contributed by atoms with Gasteiger partial charge in [0.2, 0.25) is 0 Å². The van der Waals surface area contributed by atoms with Crippen LogP contribution in [0.15, 0.2) is 23.0 Å². The molecule has 138 valence electrons. The quantitative estimate of drug-likeness (QED) is 0.867. The standard InChI is InChI=1S/C19H29N3O3/c23-19(14-6-10-24-12-14)22-8-4-15(5-9-22)21-17-3-1-2-16(17)18-13-25-11-7-20-18/h6,10,12,15-18,20-21H,1-5,7-9,11,13H2. The normalized spacial score (nSPS) is 31.4. The molecule has 4 rings (SSSR count). The Bertz CT molecular complexity index is 548. The van der Waals surface area contributed by atoms with E-state index < -0.39 is 0 Å². The van der Waals surface area contributed by atoms with Crippen molar-refractivity contribution in [2.24, 2.45) is 5.92 Å². The van der Waals surface area contributed by atoms with Crippen molar-refractivity contribution in [3.63, 3.8) is 0 Å². The predicted octanol–water partition coefficient (Wildman–Crippen LogP) is 1.63. The van der Waals surface area contributed by atoms with Crippen LogP contribution in [0.3, 0.4) is 0 Å². The van der Waals surface area contributed by atoms with Gasteiger partial charge in [0.25, 0.3) is 5.91 Å². The number of piperidine rings is 1. The van der Waals surface area contributed by atoms with Crippen LogP contribution in [-0.2, 0) is 4.74 Å². The van der Waals surface area contributed by atoms with Gasteiger partial charge in [-0.25, -0.2) is 0 Å². The van der Waals surface area contributed by atoms with Gasteiger partial charge in [0.05, 0.1) is 25.0 Å². The lowest BCUT2D eigenvalue weighted by atomic mass is 9.92. The van der Waals surface area contributed by atoms with Crippen molar-refractivity contribution in [2.45, 2.75) is 50.2 Å². The number of likely N-dealkylation sites (tertiary alicyclic amines) is 1. The minimum Gasteiger partial charge on any atom is -0.472 e. The molecule has 6 nitrogen and oxygen atoms in total. The van der Waals surface area contributed by atoms with Crippen LogP contribution in [0.2, 0.25) is 0 Å². The zero-order valence-corrected chi connectivity index (χ0v) is 14.8. The lowest BCUT2D eigenvalue weighted by Crippen LogP contribution is -2.54. The highest BCUT2D eigenvalue weighted by atomic mass is 16.5. The average Bonchev–Trinajstić information content (AvgIpc) is 3.35. The minimum absolute atomic E-state index is 0.0921. The van der Waals surface area contributed by atoms with Crippen LogP contribution in [0.4, 0.5) is 0 Å². The third-order valence-corrected chi connectivity index (χ3v) is 6.04. The van der Waals surface area contributed by atoms with E-state index in [0.29, 0.717) is 29.6 Å². The molecule has 2 N–H and O–H groups in total. The molecule has 3 heterocycles. The second-order valence-corrected chi connectivity index (χ2v) is 7.58. The summed E-state index contributed by atoms with van der Waals surface area (Å²) in [7, 11) is 0. The van der Waals surface area contributed by atoms with Crippen LogP contribution in [0, 0.1) is 5.92 Å². The Balaban J connectivity index is 1.27. The van der Waals surface area contributed by atoms with Gasteiger partial charge in [-0.2, -0.15) is 0 Å². The Labute approximate surface area is 149 Å². The Morgan fingerprint density at radius 1 is 1.24 bits per heavy atom. The summed E-state index contributed by atoms with van der Waals surface area (Å²) in [4.78, 5) is 14.3. The van der Waals surface area contributed by atoms with Gasteiger partial charge in [-0.1, -0.05) is 6.42 Å². The van der Waals surface area contributed by atoms with E-state index in [-0.39, 0.29) is 5.91 Å². The average molecular weight is 347 g/mol. The van der Waals surface area contributed by atoms with Gasteiger partial charge < -0.3 is 24.7 Å². The third-order valence-electron chi connectivity index (χ3n) is 6.04.